The molecule has 28 heavy (non-hydrogen) atoms. The van der Waals surface area contributed by atoms with E-state index in [9.17, 15) is 4.79 Å². The normalized spacial score (nSPS) is 11.1. The smallest absolute Gasteiger partial charge is 0.225 e. The molecule has 0 aliphatic carbocycles. The predicted octanol–water partition coefficient (Wildman–Crippen LogP) is 4.79. The maximum atomic E-state index is 11.8. The van der Waals surface area contributed by atoms with Crippen LogP contribution < -0.4 is 5.32 Å². The molecule has 0 saturated heterocycles. The third-order valence-electron chi connectivity index (χ3n) is 4.28. The Kier molecular flexibility index (Phi) is 5.02. The average Bonchev–Trinajstić information content (AvgIpc) is 3.28. The first kappa shape index (κ1) is 18.5. The number of para-hydroxylation sites is 2. The van der Waals surface area contributed by atoms with Crippen LogP contribution in [0.25, 0.3) is 22.6 Å². The van der Waals surface area contributed by atoms with E-state index in [1.807, 2.05) is 34.9 Å². The van der Waals surface area contributed by atoms with Crippen molar-refractivity contribution in [3.8, 4) is 11.5 Å². The van der Waals surface area contributed by atoms with Gasteiger partial charge in [-0.3, -0.25) is 4.79 Å². The molecule has 0 unspecified atom stereocenters. The van der Waals surface area contributed by atoms with Gasteiger partial charge in [0.15, 0.2) is 11.5 Å². The van der Waals surface area contributed by atoms with Gasteiger partial charge in [-0.2, -0.15) is 0 Å². The van der Waals surface area contributed by atoms with E-state index >= 15 is 0 Å². The van der Waals surface area contributed by atoms with E-state index in [4.69, 9.17) is 27.8 Å². The molecule has 1 N–H and O–H groups in total. The summed E-state index contributed by atoms with van der Waals surface area (Å²) in [5.41, 5.74) is 2.88. The zero-order chi connectivity index (χ0) is 19.7. The number of aromatic nitrogens is 4. The van der Waals surface area contributed by atoms with Gasteiger partial charge in [-0.1, -0.05) is 48.3 Å². The molecule has 0 bridgehead atoms. The first-order chi connectivity index (χ1) is 13.6. The lowest BCUT2D eigenvalue weighted by Gasteiger charge is -2.10. The molecule has 0 radical (unpaired) electrons. The lowest BCUT2D eigenvalue weighted by atomic mass is 10.2. The van der Waals surface area contributed by atoms with Crippen LogP contribution in [0.2, 0.25) is 10.0 Å². The predicted molar refractivity (Wildman–Crippen MR) is 108 cm³/mol. The number of rotatable bonds is 5. The van der Waals surface area contributed by atoms with Gasteiger partial charge in [0.2, 0.25) is 11.7 Å². The highest BCUT2D eigenvalue weighted by Gasteiger charge is 2.22. The molecule has 0 aliphatic rings. The van der Waals surface area contributed by atoms with Crippen molar-refractivity contribution in [1.29, 1.82) is 0 Å². The third kappa shape index (κ3) is 3.46. The van der Waals surface area contributed by atoms with Crippen LogP contribution in [0.5, 0.6) is 0 Å². The Hall–Kier alpha value is -2.90. The first-order valence-corrected chi connectivity index (χ1v) is 9.34. The molecular weight excluding hydrogens is 401 g/mol. The molecule has 0 atom stereocenters. The zero-order valence-corrected chi connectivity index (χ0v) is 16.3. The van der Waals surface area contributed by atoms with Crippen LogP contribution in [0.3, 0.4) is 0 Å². The summed E-state index contributed by atoms with van der Waals surface area (Å²) in [4.78, 5) is 16.5. The van der Waals surface area contributed by atoms with Crippen molar-refractivity contribution < 1.29 is 9.42 Å². The van der Waals surface area contributed by atoms with E-state index < -0.39 is 0 Å². The van der Waals surface area contributed by atoms with Gasteiger partial charge < -0.3 is 9.88 Å². The Morgan fingerprint density at radius 1 is 1.18 bits per heavy atom. The molecule has 2 heterocycles. The Labute approximate surface area is 170 Å². The number of carbonyl (C=O) groups excluding carboxylic acids is 1. The molecule has 9 heteroatoms. The molecule has 0 saturated carbocycles. The minimum absolute atomic E-state index is 0.194. The van der Waals surface area contributed by atoms with Crippen LogP contribution in [0.1, 0.15) is 18.9 Å². The largest absolute Gasteiger partial charge is 0.318 e. The highest BCUT2D eigenvalue weighted by atomic mass is 35.5. The lowest BCUT2D eigenvalue weighted by molar-refractivity contribution is -0.115. The Morgan fingerprint density at radius 3 is 2.79 bits per heavy atom. The lowest BCUT2D eigenvalue weighted by Crippen LogP contribution is -2.11. The average molecular weight is 416 g/mol. The highest BCUT2D eigenvalue weighted by molar-refractivity contribution is 6.35. The number of carbonyl (C=O) groups is 1. The second-order valence-electron chi connectivity index (χ2n) is 6.11. The second-order valence-corrected chi connectivity index (χ2v) is 6.95. The fourth-order valence-electron chi connectivity index (χ4n) is 2.87. The Balaban J connectivity index is 1.85. The van der Waals surface area contributed by atoms with E-state index in [1.165, 1.54) is 0 Å². The molecule has 0 aliphatic heterocycles. The number of benzene rings is 2. The van der Waals surface area contributed by atoms with Crippen LogP contribution in [-0.4, -0.2) is 25.8 Å². The van der Waals surface area contributed by atoms with Gasteiger partial charge in [-0.05, 0) is 40.1 Å². The summed E-state index contributed by atoms with van der Waals surface area (Å²) in [6, 6.07) is 13.0. The van der Waals surface area contributed by atoms with E-state index in [0.717, 1.165) is 16.6 Å². The molecule has 2 aromatic heterocycles. The summed E-state index contributed by atoms with van der Waals surface area (Å²) in [6.45, 7) is 2.18. The zero-order valence-electron chi connectivity index (χ0n) is 14.8. The van der Waals surface area contributed by atoms with Gasteiger partial charge in [-0.15, -0.1) is 0 Å². The quantitative estimate of drug-likeness (QED) is 0.506. The number of nitrogens with one attached hydrogen (secondary N) is 1. The highest BCUT2D eigenvalue weighted by Crippen LogP contribution is 2.30. The fraction of sp³-hybridized carbons (Fsp3) is 0.158. The minimum atomic E-state index is -0.194. The van der Waals surface area contributed by atoms with Crippen molar-refractivity contribution in [3.63, 3.8) is 0 Å². The van der Waals surface area contributed by atoms with Crippen LogP contribution in [0.4, 0.5) is 5.82 Å². The van der Waals surface area contributed by atoms with Crippen molar-refractivity contribution in [3.05, 3.63) is 58.1 Å². The molecule has 4 rings (SSSR count). The third-order valence-corrected chi connectivity index (χ3v) is 4.86. The molecule has 1 amide bonds. The van der Waals surface area contributed by atoms with Crippen molar-refractivity contribution in [1.82, 2.24) is 19.9 Å². The number of fused-ring (bicyclic) bond motifs is 1. The number of hydrogen-bond acceptors (Lipinski definition) is 5. The van der Waals surface area contributed by atoms with Gasteiger partial charge in [-0.25, -0.2) is 9.61 Å². The maximum Gasteiger partial charge on any atom is 0.225 e. The van der Waals surface area contributed by atoms with Gasteiger partial charge in [0.1, 0.15) is 0 Å². The van der Waals surface area contributed by atoms with Crippen molar-refractivity contribution in [2.45, 2.75) is 19.9 Å². The van der Waals surface area contributed by atoms with Crippen LogP contribution >= 0.6 is 23.2 Å². The summed E-state index contributed by atoms with van der Waals surface area (Å²) in [6.07, 6.45) is 0.309. The number of imidazole rings is 1. The van der Waals surface area contributed by atoms with Crippen LogP contribution in [0, 0.1) is 0 Å². The fourth-order valence-corrected chi connectivity index (χ4v) is 3.34. The summed E-state index contributed by atoms with van der Waals surface area (Å²) < 4.78 is 6.82. The van der Waals surface area contributed by atoms with Gasteiger partial charge >= 0.3 is 0 Å². The van der Waals surface area contributed by atoms with E-state index in [-0.39, 0.29) is 11.7 Å². The SMILES string of the molecule is CCC(=O)Nc1nonc1-c1nc2ccccc2n1Cc1ccc(Cl)cc1Cl. The summed E-state index contributed by atoms with van der Waals surface area (Å²) in [5.74, 6) is 0.547. The van der Waals surface area contributed by atoms with E-state index in [2.05, 4.69) is 20.6 Å². The summed E-state index contributed by atoms with van der Waals surface area (Å²) in [7, 11) is 0. The van der Waals surface area contributed by atoms with Crippen molar-refractivity contribution in [2.75, 3.05) is 5.32 Å². The Bertz CT molecular complexity index is 1170. The molecule has 0 spiro atoms. The molecule has 7 nitrogen and oxygen atoms in total. The summed E-state index contributed by atoms with van der Waals surface area (Å²) >= 11 is 12.4. The van der Waals surface area contributed by atoms with Gasteiger partial charge in [0.05, 0.1) is 17.6 Å². The maximum absolute atomic E-state index is 11.8. The Morgan fingerprint density at radius 2 is 2.00 bits per heavy atom. The van der Waals surface area contributed by atoms with E-state index in [0.29, 0.717) is 34.5 Å². The number of halogens is 2. The molecule has 2 aromatic carbocycles. The number of amides is 1. The molecule has 4 aromatic rings. The standard InChI is InChI=1S/C19H15Cl2N5O2/c1-2-16(27)23-18-17(24-28-25-18)19-22-14-5-3-4-6-15(14)26(19)10-11-7-8-12(20)9-13(11)21/h3-9H,2,10H2,1H3,(H,23,25,27). The van der Waals surface area contributed by atoms with Crippen molar-refractivity contribution >= 4 is 46.0 Å². The van der Waals surface area contributed by atoms with Gasteiger partial charge in [0.25, 0.3) is 0 Å². The van der Waals surface area contributed by atoms with Crippen molar-refractivity contribution in [2.24, 2.45) is 0 Å². The van der Waals surface area contributed by atoms with Gasteiger partial charge in [0, 0.05) is 16.5 Å². The first-order valence-electron chi connectivity index (χ1n) is 8.58. The number of hydrogen-bond donors (Lipinski definition) is 1. The molecule has 0 fully saturated rings. The molecular formula is C19H15Cl2N5O2. The monoisotopic (exact) mass is 415 g/mol. The topological polar surface area (TPSA) is 85.8 Å². The van der Waals surface area contributed by atoms with Crippen LogP contribution in [0.15, 0.2) is 47.1 Å². The second kappa shape index (κ2) is 7.61. The van der Waals surface area contributed by atoms with Crippen LogP contribution in [-0.2, 0) is 11.3 Å². The number of nitrogens with zero attached hydrogens (tertiary/aromatic N) is 4. The number of anilines is 1. The summed E-state index contributed by atoms with van der Waals surface area (Å²) in [5, 5.41) is 11.6. The van der Waals surface area contributed by atoms with E-state index in [1.54, 1.807) is 19.1 Å². The minimum Gasteiger partial charge on any atom is -0.318 e. The molecule has 142 valence electrons.